The Bertz CT molecular complexity index is 879. The van der Waals surface area contributed by atoms with Gasteiger partial charge < -0.3 is 9.64 Å². The van der Waals surface area contributed by atoms with Crippen molar-refractivity contribution in [1.82, 2.24) is 4.31 Å². The van der Waals surface area contributed by atoms with E-state index in [1.807, 2.05) is 24.3 Å². The van der Waals surface area contributed by atoms with Crippen LogP contribution in [0, 0.1) is 0 Å². The van der Waals surface area contributed by atoms with E-state index in [9.17, 15) is 8.42 Å². The highest BCUT2D eigenvalue weighted by atomic mass is 32.2. The number of nitrogens with zero attached hydrogens (tertiary/aromatic N) is 2. The van der Waals surface area contributed by atoms with E-state index in [2.05, 4.69) is 37.8 Å². The second-order valence-corrected chi connectivity index (χ2v) is 10.3. The second-order valence-electron chi connectivity index (χ2n) is 8.30. The Hall–Kier alpha value is -1.89. The zero-order valence-electron chi connectivity index (χ0n) is 17.2. The minimum absolute atomic E-state index is 0.00355. The van der Waals surface area contributed by atoms with Gasteiger partial charge in [-0.25, -0.2) is 8.42 Å². The molecule has 0 saturated carbocycles. The monoisotopic (exact) mass is 402 g/mol. The van der Waals surface area contributed by atoms with E-state index in [0.717, 1.165) is 43.1 Å². The molecule has 1 heterocycles. The average Bonchev–Trinajstić information content (AvgIpc) is 2.68. The van der Waals surface area contributed by atoms with Gasteiger partial charge in [0.15, 0.2) is 0 Å². The number of ether oxygens (including phenoxy) is 1. The van der Waals surface area contributed by atoms with Crippen molar-refractivity contribution in [1.29, 1.82) is 0 Å². The average molecular weight is 403 g/mol. The molecule has 0 atom stereocenters. The highest BCUT2D eigenvalue weighted by molar-refractivity contribution is 7.89. The number of rotatable bonds is 5. The van der Waals surface area contributed by atoms with Crippen molar-refractivity contribution in [2.45, 2.75) is 37.6 Å². The van der Waals surface area contributed by atoms with Crippen LogP contribution in [-0.2, 0) is 26.7 Å². The molecule has 152 valence electrons. The van der Waals surface area contributed by atoms with E-state index < -0.39 is 10.0 Å². The van der Waals surface area contributed by atoms with Crippen molar-refractivity contribution in [3.05, 3.63) is 59.7 Å². The molecule has 1 aliphatic heterocycles. The van der Waals surface area contributed by atoms with Crippen LogP contribution in [0.5, 0.6) is 0 Å². The highest BCUT2D eigenvalue weighted by Gasteiger charge is 2.22. The molecule has 5 nitrogen and oxygen atoms in total. The molecular formula is C22H30N2O3S. The van der Waals surface area contributed by atoms with Crippen molar-refractivity contribution in [3.63, 3.8) is 0 Å². The van der Waals surface area contributed by atoms with E-state index in [1.54, 1.807) is 19.2 Å². The van der Waals surface area contributed by atoms with Gasteiger partial charge in [0.25, 0.3) is 0 Å². The quantitative estimate of drug-likeness (QED) is 0.766. The fourth-order valence-corrected chi connectivity index (χ4v) is 4.44. The summed E-state index contributed by atoms with van der Waals surface area (Å²) in [5.74, 6) is 0. The Labute approximate surface area is 169 Å². The topological polar surface area (TPSA) is 49.9 Å². The lowest BCUT2D eigenvalue weighted by atomic mass is 9.87. The summed E-state index contributed by atoms with van der Waals surface area (Å²) in [6, 6.07) is 15.3. The molecule has 3 rings (SSSR count). The second kappa shape index (κ2) is 8.23. The normalized spacial score (nSPS) is 15.8. The molecule has 1 saturated heterocycles. The van der Waals surface area contributed by atoms with Gasteiger partial charge in [0.2, 0.25) is 10.0 Å². The fraction of sp³-hybridized carbons (Fsp3) is 0.455. The van der Waals surface area contributed by atoms with Crippen LogP contribution < -0.4 is 4.90 Å². The summed E-state index contributed by atoms with van der Waals surface area (Å²) in [6.07, 6.45) is 0. The first-order valence-electron chi connectivity index (χ1n) is 9.66. The maximum atomic E-state index is 12.9. The van der Waals surface area contributed by atoms with E-state index in [0.29, 0.717) is 11.4 Å². The Kier molecular flexibility index (Phi) is 6.12. The summed E-state index contributed by atoms with van der Waals surface area (Å²) in [6.45, 7) is 9.95. The molecule has 0 aliphatic carbocycles. The Balaban J connectivity index is 1.69. The Morgan fingerprint density at radius 2 is 1.54 bits per heavy atom. The number of anilines is 1. The zero-order chi connectivity index (χ0) is 20.4. The van der Waals surface area contributed by atoms with E-state index >= 15 is 0 Å². The summed E-state index contributed by atoms with van der Waals surface area (Å²) < 4.78 is 32.6. The van der Waals surface area contributed by atoms with Gasteiger partial charge >= 0.3 is 0 Å². The molecule has 0 bridgehead atoms. The molecule has 0 spiro atoms. The van der Waals surface area contributed by atoms with Crippen molar-refractivity contribution < 1.29 is 13.2 Å². The molecule has 0 radical (unpaired) electrons. The van der Waals surface area contributed by atoms with Crippen molar-refractivity contribution in [3.8, 4) is 0 Å². The molecule has 28 heavy (non-hydrogen) atoms. The molecule has 0 aromatic heterocycles. The molecule has 1 aliphatic rings. The molecule has 2 aromatic rings. The van der Waals surface area contributed by atoms with Crippen LogP contribution in [0.2, 0.25) is 0 Å². The molecule has 0 unspecified atom stereocenters. The summed E-state index contributed by atoms with van der Waals surface area (Å²) in [5, 5.41) is 0. The van der Waals surface area contributed by atoms with Crippen LogP contribution in [0.1, 0.15) is 31.9 Å². The summed E-state index contributed by atoms with van der Waals surface area (Å²) in [5.41, 5.74) is 3.23. The maximum absolute atomic E-state index is 12.9. The van der Waals surface area contributed by atoms with Gasteiger partial charge in [-0.15, -0.1) is 0 Å². The third kappa shape index (κ3) is 4.74. The lowest BCUT2D eigenvalue weighted by Gasteiger charge is -2.29. The van der Waals surface area contributed by atoms with Crippen LogP contribution >= 0.6 is 0 Å². The maximum Gasteiger partial charge on any atom is 0.243 e. The summed E-state index contributed by atoms with van der Waals surface area (Å²) in [4.78, 5) is 2.61. The van der Waals surface area contributed by atoms with E-state index in [-0.39, 0.29) is 5.41 Å². The number of morpholine rings is 1. The first-order valence-corrected chi connectivity index (χ1v) is 11.1. The first-order chi connectivity index (χ1) is 13.2. The number of benzene rings is 2. The summed E-state index contributed by atoms with van der Waals surface area (Å²) in [7, 11) is -1.90. The SMILES string of the molecule is CN(Cc1ccc(N2CCOCC2)cc1)S(=O)(=O)c1ccc(C(C)(C)C)cc1. The minimum Gasteiger partial charge on any atom is -0.378 e. The standard InChI is InChI=1S/C22H30N2O3S/c1-22(2,3)19-7-11-21(12-8-19)28(25,26)23(4)17-18-5-9-20(10-6-18)24-13-15-27-16-14-24/h5-12H,13-17H2,1-4H3. The highest BCUT2D eigenvalue weighted by Crippen LogP contribution is 2.25. The molecule has 2 aromatic carbocycles. The smallest absolute Gasteiger partial charge is 0.243 e. The largest absolute Gasteiger partial charge is 0.378 e. The first kappa shape index (κ1) is 20.8. The number of sulfonamides is 1. The van der Waals surface area contributed by atoms with Crippen molar-refractivity contribution in [2.75, 3.05) is 38.3 Å². The van der Waals surface area contributed by atoms with Gasteiger partial charge in [-0.3, -0.25) is 0 Å². The predicted octanol–water partition coefficient (Wildman–Crippen LogP) is 3.64. The van der Waals surface area contributed by atoms with Gasteiger partial charge in [0.1, 0.15) is 0 Å². The minimum atomic E-state index is -3.52. The van der Waals surface area contributed by atoms with Crippen LogP contribution in [0.15, 0.2) is 53.4 Å². The van der Waals surface area contributed by atoms with E-state index in [1.165, 1.54) is 4.31 Å². The third-order valence-electron chi connectivity index (χ3n) is 5.15. The number of hydrogen-bond donors (Lipinski definition) is 0. The van der Waals surface area contributed by atoms with Crippen LogP contribution in [0.4, 0.5) is 5.69 Å². The van der Waals surface area contributed by atoms with Gasteiger partial charge in [-0.05, 0) is 40.8 Å². The Morgan fingerprint density at radius 1 is 0.964 bits per heavy atom. The fourth-order valence-electron chi connectivity index (χ4n) is 3.28. The number of hydrogen-bond acceptors (Lipinski definition) is 4. The van der Waals surface area contributed by atoms with Crippen molar-refractivity contribution >= 4 is 15.7 Å². The van der Waals surface area contributed by atoms with Crippen LogP contribution in [-0.4, -0.2) is 46.1 Å². The lowest BCUT2D eigenvalue weighted by Crippen LogP contribution is -2.36. The molecule has 1 fully saturated rings. The van der Waals surface area contributed by atoms with Gasteiger partial charge in [-0.2, -0.15) is 4.31 Å². The lowest BCUT2D eigenvalue weighted by molar-refractivity contribution is 0.122. The predicted molar refractivity (Wildman–Crippen MR) is 113 cm³/mol. The zero-order valence-corrected chi connectivity index (χ0v) is 18.0. The molecule has 0 amide bonds. The Morgan fingerprint density at radius 3 is 2.07 bits per heavy atom. The van der Waals surface area contributed by atoms with Crippen LogP contribution in [0.25, 0.3) is 0 Å². The molecule has 0 N–H and O–H groups in total. The van der Waals surface area contributed by atoms with Crippen molar-refractivity contribution in [2.24, 2.45) is 0 Å². The van der Waals surface area contributed by atoms with E-state index in [4.69, 9.17) is 4.74 Å². The third-order valence-corrected chi connectivity index (χ3v) is 6.96. The van der Waals surface area contributed by atoms with Crippen LogP contribution in [0.3, 0.4) is 0 Å². The molecule has 6 heteroatoms. The molecular weight excluding hydrogens is 372 g/mol. The van der Waals surface area contributed by atoms with Gasteiger partial charge in [-0.1, -0.05) is 45.0 Å². The summed E-state index contributed by atoms with van der Waals surface area (Å²) >= 11 is 0. The van der Waals surface area contributed by atoms with Gasteiger partial charge in [0.05, 0.1) is 18.1 Å². The van der Waals surface area contributed by atoms with Gasteiger partial charge in [0, 0.05) is 32.4 Å².